The number of alkyl halides is 18. The van der Waals surface area contributed by atoms with Gasteiger partial charge in [-0.1, -0.05) is 109 Å². The zero-order valence-electron chi connectivity index (χ0n) is 56.1. The molecule has 6 atom stereocenters. The third-order valence-corrected chi connectivity index (χ3v) is 23.2. The fourth-order valence-corrected chi connectivity index (χ4v) is 15.2. The average molecular weight is 1660 g/mol. The maximum atomic E-state index is 12.9. The number of hydrogen-bond donors (Lipinski definition) is 6. The van der Waals surface area contributed by atoms with Crippen molar-refractivity contribution < 1.29 is 117 Å². The monoisotopic (exact) mass is 1660 g/mol. The molecule has 0 amide bonds. The molecule has 3 aliphatic carbocycles. The predicted molar refractivity (Wildman–Crippen MR) is 375 cm³/mol. The Balaban J connectivity index is 0.000000147. The van der Waals surface area contributed by atoms with E-state index in [0.29, 0.717) is 85.7 Å². The first kappa shape index (κ1) is 79.2. The van der Waals surface area contributed by atoms with Gasteiger partial charge in [-0.15, -0.1) is 13.2 Å². The Morgan fingerprint density at radius 3 is 0.920 bits per heavy atom. The third-order valence-electron chi connectivity index (χ3n) is 18.4. The lowest BCUT2D eigenvalue weighted by molar-refractivity contribution is -0.274. The Bertz CT molecular complexity index is 6050. The number of fused-ring (bicyclic) bond motifs is 3. The summed E-state index contributed by atoms with van der Waals surface area (Å²) in [5.41, 5.74) is -15.4. The van der Waals surface area contributed by atoms with Gasteiger partial charge in [-0.05, 0) is 161 Å². The molecular formula is C72H51F18N9O9S4. The minimum Gasteiger partial charge on any atom is -0.406 e. The Morgan fingerprint density at radius 2 is 0.634 bits per heavy atom. The first-order valence-corrected chi connectivity index (χ1v) is 38.6. The van der Waals surface area contributed by atoms with Gasteiger partial charge in [0.15, 0.2) is 0 Å². The molecule has 3 aliphatic rings. The molecule has 0 spiro atoms. The number of nitrogens with zero attached hydrogens (tertiary/aromatic N) is 3. The summed E-state index contributed by atoms with van der Waals surface area (Å²) in [4.78, 5) is 22.3. The molecular weight excluding hydrogens is 1610 g/mol. The van der Waals surface area contributed by atoms with E-state index >= 15 is 0 Å². The Kier molecular flexibility index (Phi) is 20.3. The highest BCUT2D eigenvalue weighted by Gasteiger charge is 2.51. The van der Waals surface area contributed by atoms with Crippen molar-refractivity contribution in [3.63, 3.8) is 0 Å². The van der Waals surface area contributed by atoms with Gasteiger partial charge >= 0.3 is 64.6 Å². The van der Waals surface area contributed by atoms with Crippen LogP contribution >= 0.6 is 0 Å². The molecule has 3 fully saturated rings. The third kappa shape index (κ3) is 17.0. The molecule has 18 nitrogen and oxygen atoms in total. The number of H-pyrrole nitrogens is 3. The van der Waals surface area contributed by atoms with Gasteiger partial charge in [-0.2, -0.15) is 91.1 Å². The molecule has 6 N–H and O–H groups in total. The van der Waals surface area contributed by atoms with Crippen LogP contribution in [0.25, 0.3) is 66.5 Å². The second-order valence-electron chi connectivity index (χ2n) is 26.0. The number of halogens is 18. The van der Waals surface area contributed by atoms with Crippen molar-refractivity contribution in [2.24, 2.45) is 0 Å². The van der Waals surface area contributed by atoms with Gasteiger partial charge in [0.25, 0.3) is 9.84 Å². The van der Waals surface area contributed by atoms with Crippen molar-refractivity contribution >= 4 is 90.1 Å². The van der Waals surface area contributed by atoms with Gasteiger partial charge in [-0.25, -0.2) is 23.4 Å². The summed E-state index contributed by atoms with van der Waals surface area (Å²) in [6.45, 7) is 0. The van der Waals surface area contributed by atoms with E-state index < -0.39 is 84.9 Å². The fourth-order valence-electron chi connectivity index (χ4n) is 12.7. The van der Waals surface area contributed by atoms with E-state index in [4.69, 9.17) is 0 Å². The lowest BCUT2D eigenvalue weighted by Crippen LogP contribution is -2.30. The number of anilines is 3. The number of hydrogen-bond acceptors (Lipinski definition) is 12. The van der Waals surface area contributed by atoms with Crippen LogP contribution in [0.4, 0.5) is 96.1 Å². The minimum atomic E-state index is -5.63. The Morgan fingerprint density at radius 1 is 0.339 bits per heavy atom. The molecule has 588 valence electrons. The molecule has 0 saturated heterocycles. The van der Waals surface area contributed by atoms with Crippen molar-refractivity contribution in [2.45, 2.75) is 94.2 Å². The summed E-state index contributed by atoms with van der Waals surface area (Å²) in [5, 5.41) is 0. The van der Waals surface area contributed by atoms with Crippen LogP contribution in [0.15, 0.2) is 205 Å². The Hall–Kier alpha value is -10.9. The number of nitrogens with one attached hydrogen (secondary N) is 6. The average Bonchev–Trinajstić information content (AvgIpc) is 1.60. The van der Waals surface area contributed by atoms with Gasteiger partial charge in [0, 0.05) is 34.4 Å². The maximum Gasteiger partial charge on any atom is 0.573 e. The molecule has 15 rings (SSSR count). The number of benzene rings is 9. The second kappa shape index (κ2) is 28.7. The summed E-state index contributed by atoms with van der Waals surface area (Å²) in [5.74, 6) is 1.44. The highest BCUT2D eigenvalue weighted by Crippen LogP contribution is 2.57. The first-order valence-electron chi connectivity index (χ1n) is 32.7. The van der Waals surface area contributed by atoms with Gasteiger partial charge in [-0.3, -0.25) is 14.2 Å². The zero-order chi connectivity index (χ0) is 80.8. The van der Waals surface area contributed by atoms with Crippen LogP contribution in [0.5, 0.6) is 5.75 Å². The van der Waals surface area contributed by atoms with Crippen LogP contribution in [0, 0.1) is 0 Å². The summed E-state index contributed by atoms with van der Waals surface area (Å²) in [7, 11) is -22.3. The molecule has 0 radical (unpaired) electrons. The van der Waals surface area contributed by atoms with E-state index in [1.54, 1.807) is 99.1 Å². The van der Waals surface area contributed by atoms with Crippen LogP contribution in [0.2, 0.25) is 0 Å². The van der Waals surface area contributed by atoms with E-state index in [2.05, 4.69) is 34.6 Å². The van der Waals surface area contributed by atoms with Gasteiger partial charge in [0.05, 0.1) is 60.6 Å². The van der Waals surface area contributed by atoms with Crippen LogP contribution in [0.3, 0.4) is 0 Å². The summed E-state index contributed by atoms with van der Waals surface area (Å²) >= 11 is 0. The normalized spacial score (nSPS) is 18.3. The molecule has 40 heteroatoms. The number of rotatable bonds is 17. The van der Waals surface area contributed by atoms with E-state index in [1.165, 1.54) is 91.0 Å². The van der Waals surface area contributed by atoms with Crippen LogP contribution in [0.1, 0.15) is 94.5 Å². The fraction of sp³-hybridized carbons (Fsp3) is 0.208. The quantitative estimate of drug-likeness (QED) is 0.0465. The zero-order valence-corrected chi connectivity index (χ0v) is 59.4. The van der Waals surface area contributed by atoms with Crippen LogP contribution < -0.4 is 18.9 Å². The number of imidazole rings is 3. The van der Waals surface area contributed by atoms with E-state index in [1.807, 2.05) is 0 Å². The maximum absolute atomic E-state index is 12.9. The van der Waals surface area contributed by atoms with E-state index in [9.17, 15) is 113 Å². The second-order valence-corrected chi connectivity index (χ2v) is 32.9. The molecule has 3 heterocycles. The smallest absolute Gasteiger partial charge is 0.406 e. The molecule has 6 unspecified atom stereocenters. The van der Waals surface area contributed by atoms with Gasteiger partial charge < -0.3 is 19.7 Å². The number of aromatic amines is 3. The van der Waals surface area contributed by atoms with Gasteiger partial charge in [0.1, 0.15) is 23.2 Å². The molecule has 12 aromatic rings. The standard InChI is InChI=1S/C24H17F6N3O4S2.C24H17F6N3O3S.C24H17F6N3O2S/c25-23(26,27)38(34,35)15-8-5-13(6-9-15)17-12-18(17)22-31-20-10-7-14(11-21(20)32-22)16-3-1-2-4-19(16)33-39(36,37)24(28,29)30;25-23(26,27)36-15-8-5-13(6-9-15)17-12-18(17)22-31-20-10-7-14(11-21(20)32-22)16-3-1-2-4-19(16)33-37(34,35)24(28,29)30;25-23(26,27)15-8-5-13(6-9-15)17-12-18(17)22-31-20-10-7-14(11-21(20)32-22)16-3-1-2-4-19(16)33-36(34,35)24(28,29)30/h1-11,17-18,33H,12H2,(H,31,32);1-11,17-18,33H,12H2,(H,31,32);1-11,17-18,33H,12H2,(H,31,32). The van der Waals surface area contributed by atoms with E-state index in [0.717, 1.165) is 41.8 Å². The lowest BCUT2D eigenvalue weighted by Gasteiger charge is -2.14. The topological polar surface area (TPSA) is 268 Å². The minimum absolute atomic E-state index is 0.0103. The molecule has 3 aromatic heterocycles. The van der Waals surface area contributed by atoms with Crippen LogP contribution in [-0.2, 0) is 46.1 Å². The molecule has 3 saturated carbocycles. The largest absolute Gasteiger partial charge is 0.573 e. The predicted octanol–water partition coefficient (Wildman–Crippen LogP) is 19.5. The number of sulfone groups is 1. The number of aromatic nitrogens is 6. The SMILES string of the molecule is O=S(=O)(Nc1ccccc1-c1ccc2nc(C3CC3c3ccc(C(F)(F)F)cc3)[nH]c2c1)C(F)(F)F.O=S(=O)(Nc1ccccc1-c1ccc2nc(C3CC3c3ccc(OC(F)(F)F)cc3)[nH]c2c1)C(F)(F)F.O=S(=O)(Nc1ccccc1-c1ccc2nc(C3CC3c3ccc(S(=O)(=O)C(F)(F)F)cc3)[nH]c2c1)C(F)(F)F. The van der Waals surface area contributed by atoms with Crippen molar-refractivity contribution in [1.82, 2.24) is 29.9 Å². The molecule has 0 aliphatic heterocycles. The molecule has 112 heavy (non-hydrogen) atoms. The summed E-state index contributed by atoms with van der Waals surface area (Å²) < 4.78 is 331. The summed E-state index contributed by atoms with van der Waals surface area (Å²) in [6, 6.07) is 47.0. The van der Waals surface area contributed by atoms with Crippen molar-refractivity contribution in [3.05, 3.63) is 240 Å². The van der Waals surface area contributed by atoms with E-state index in [-0.39, 0.29) is 75.0 Å². The summed E-state index contributed by atoms with van der Waals surface area (Å²) in [6.07, 6.45) is -7.11. The molecule has 0 bridgehead atoms. The van der Waals surface area contributed by atoms with Crippen LogP contribution in [-0.4, -0.2) is 92.0 Å². The number of ether oxygens (including phenoxy) is 1. The van der Waals surface area contributed by atoms with Crippen molar-refractivity contribution in [1.29, 1.82) is 0 Å². The Labute approximate surface area is 621 Å². The highest BCUT2D eigenvalue weighted by molar-refractivity contribution is 7.94. The van der Waals surface area contributed by atoms with Crippen molar-refractivity contribution in [2.75, 3.05) is 14.2 Å². The lowest BCUT2D eigenvalue weighted by atomic mass is 10.0. The first-order chi connectivity index (χ1) is 52.2. The van der Waals surface area contributed by atoms with Crippen molar-refractivity contribution in [3.8, 4) is 39.1 Å². The van der Waals surface area contributed by atoms with Gasteiger partial charge in [0.2, 0.25) is 0 Å². The number of para-hydroxylation sites is 3. The highest BCUT2D eigenvalue weighted by atomic mass is 32.2. The molecule has 9 aromatic carbocycles. The number of sulfonamides is 3.